The van der Waals surface area contributed by atoms with Crippen molar-refractivity contribution >= 4 is 0 Å². The highest BCUT2D eigenvalue weighted by Gasteiger charge is 2.11. The molecule has 17 heavy (non-hydrogen) atoms. The van der Waals surface area contributed by atoms with Crippen molar-refractivity contribution in [1.29, 1.82) is 0 Å². The average molecular weight is 236 g/mol. The van der Waals surface area contributed by atoms with Gasteiger partial charge in [-0.25, -0.2) is 0 Å². The maximum Gasteiger partial charge on any atom is 0.0589 e. The van der Waals surface area contributed by atoms with Crippen LogP contribution in [0.15, 0.2) is 18.2 Å². The lowest BCUT2D eigenvalue weighted by Gasteiger charge is -2.22. The molecule has 1 rings (SSSR count). The largest absolute Gasteiger partial charge is 0.383 e. The first-order valence-corrected chi connectivity index (χ1v) is 6.04. The molecule has 0 saturated heterocycles. The summed E-state index contributed by atoms with van der Waals surface area (Å²) in [6, 6.07) is 6.51. The quantitative estimate of drug-likeness (QED) is 0.819. The third-order valence-corrected chi connectivity index (χ3v) is 3.02. The van der Waals surface area contributed by atoms with Gasteiger partial charge in [0, 0.05) is 26.2 Å². The Hall–Kier alpha value is -0.900. The number of aryl methyl sites for hydroxylation is 2. The van der Waals surface area contributed by atoms with E-state index >= 15 is 0 Å². The second-order valence-corrected chi connectivity index (χ2v) is 4.72. The highest BCUT2D eigenvalue weighted by molar-refractivity contribution is 5.32. The molecule has 0 aliphatic rings. The number of hydrogen-bond acceptors (Lipinski definition) is 3. The number of nitrogens with two attached hydrogens (primary N) is 1. The Morgan fingerprint density at radius 3 is 2.71 bits per heavy atom. The van der Waals surface area contributed by atoms with Crippen LogP contribution < -0.4 is 5.73 Å². The minimum absolute atomic E-state index is 0.0664. The van der Waals surface area contributed by atoms with E-state index in [1.807, 2.05) is 0 Å². The highest BCUT2D eigenvalue weighted by Crippen LogP contribution is 2.18. The second kappa shape index (κ2) is 6.74. The Balaban J connectivity index is 2.62. The fraction of sp³-hybridized carbons (Fsp3) is 0.571. The van der Waals surface area contributed by atoms with Crippen LogP contribution in [0.1, 0.15) is 22.7 Å². The van der Waals surface area contributed by atoms with E-state index in [0.717, 1.165) is 19.7 Å². The van der Waals surface area contributed by atoms with Gasteiger partial charge in [-0.3, -0.25) is 0 Å². The molecule has 1 atom stereocenters. The standard InChI is InChI=1S/C14H24N2O/c1-11-5-6-12(2)13(9-11)14(15)10-16(3)7-8-17-4/h5-6,9,14H,7-8,10,15H2,1-4H3. The molecule has 0 aliphatic carbocycles. The molecule has 0 spiro atoms. The molecule has 0 aliphatic heterocycles. The van der Waals surface area contributed by atoms with Gasteiger partial charge in [0.15, 0.2) is 0 Å². The molecule has 0 heterocycles. The summed E-state index contributed by atoms with van der Waals surface area (Å²) in [7, 11) is 3.79. The molecule has 0 radical (unpaired) electrons. The molecule has 2 N–H and O–H groups in total. The summed E-state index contributed by atoms with van der Waals surface area (Å²) >= 11 is 0. The van der Waals surface area contributed by atoms with Gasteiger partial charge >= 0.3 is 0 Å². The Bertz CT molecular complexity index is 352. The molecular formula is C14H24N2O. The third kappa shape index (κ3) is 4.46. The van der Waals surface area contributed by atoms with Gasteiger partial charge in [0.05, 0.1) is 6.61 Å². The molecule has 3 nitrogen and oxygen atoms in total. The molecular weight excluding hydrogens is 212 g/mol. The van der Waals surface area contributed by atoms with Crippen LogP contribution in [0.2, 0.25) is 0 Å². The summed E-state index contributed by atoms with van der Waals surface area (Å²) in [6.07, 6.45) is 0. The number of rotatable bonds is 6. The van der Waals surface area contributed by atoms with Gasteiger partial charge in [-0.05, 0) is 32.0 Å². The van der Waals surface area contributed by atoms with Crippen LogP contribution in [-0.4, -0.2) is 38.8 Å². The van der Waals surface area contributed by atoms with Crippen molar-refractivity contribution in [3.63, 3.8) is 0 Å². The van der Waals surface area contributed by atoms with Crippen molar-refractivity contribution in [2.75, 3.05) is 33.9 Å². The topological polar surface area (TPSA) is 38.5 Å². The first-order valence-electron chi connectivity index (χ1n) is 6.04. The molecule has 0 fully saturated rings. The van der Waals surface area contributed by atoms with Gasteiger partial charge in [-0.1, -0.05) is 23.8 Å². The van der Waals surface area contributed by atoms with E-state index in [9.17, 15) is 0 Å². The van der Waals surface area contributed by atoms with Crippen LogP contribution in [-0.2, 0) is 4.74 Å². The van der Waals surface area contributed by atoms with Crippen molar-refractivity contribution < 1.29 is 4.74 Å². The van der Waals surface area contributed by atoms with E-state index in [4.69, 9.17) is 10.5 Å². The SMILES string of the molecule is COCCN(C)CC(N)c1cc(C)ccc1C. The summed E-state index contributed by atoms with van der Waals surface area (Å²) in [5.41, 5.74) is 10.0. The molecule has 0 amide bonds. The predicted molar refractivity (Wildman–Crippen MR) is 72.2 cm³/mol. The molecule has 0 saturated carbocycles. The Kier molecular flexibility index (Phi) is 5.62. The Labute approximate surface area is 105 Å². The molecule has 0 aromatic heterocycles. The summed E-state index contributed by atoms with van der Waals surface area (Å²) in [5.74, 6) is 0. The maximum absolute atomic E-state index is 6.25. The number of likely N-dealkylation sites (N-methyl/N-ethyl adjacent to an activating group) is 1. The lowest BCUT2D eigenvalue weighted by molar-refractivity contribution is 0.158. The molecule has 1 unspecified atom stereocenters. The van der Waals surface area contributed by atoms with Crippen molar-refractivity contribution in [2.45, 2.75) is 19.9 Å². The lowest BCUT2D eigenvalue weighted by Crippen LogP contribution is -2.31. The molecule has 0 bridgehead atoms. The van der Waals surface area contributed by atoms with Crippen LogP contribution in [0.4, 0.5) is 0 Å². The summed E-state index contributed by atoms with van der Waals surface area (Å²) in [4.78, 5) is 2.20. The van der Waals surface area contributed by atoms with Gasteiger partial charge in [0.25, 0.3) is 0 Å². The maximum atomic E-state index is 6.25. The minimum Gasteiger partial charge on any atom is -0.383 e. The van der Waals surface area contributed by atoms with E-state index in [-0.39, 0.29) is 6.04 Å². The first kappa shape index (κ1) is 14.2. The van der Waals surface area contributed by atoms with E-state index in [1.54, 1.807) is 7.11 Å². The van der Waals surface area contributed by atoms with Crippen molar-refractivity contribution in [3.8, 4) is 0 Å². The Morgan fingerprint density at radius 2 is 2.06 bits per heavy atom. The molecule has 1 aromatic carbocycles. The van der Waals surface area contributed by atoms with E-state index in [0.29, 0.717) is 0 Å². The van der Waals surface area contributed by atoms with Crippen molar-refractivity contribution in [2.24, 2.45) is 5.73 Å². The minimum atomic E-state index is 0.0664. The number of nitrogens with zero attached hydrogens (tertiary/aromatic N) is 1. The highest BCUT2D eigenvalue weighted by atomic mass is 16.5. The zero-order chi connectivity index (χ0) is 12.8. The van der Waals surface area contributed by atoms with Gasteiger partial charge < -0.3 is 15.4 Å². The number of hydrogen-bond donors (Lipinski definition) is 1. The normalized spacial score (nSPS) is 13.1. The second-order valence-electron chi connectivity index (χ2n) is 4.72. The Morgan fingerprint density at radius 1 is 1.35 bits per heavy atom. The molecule has 1 aromatic rings. The van der Waals surface area contributed by atoms with Crippen LogP contribution in [0.5, 0.6) is 0 Å². The predicted octanol–water partition coefficient (Wildman–Crippen LogP) is 1.88. The smallest absolute Gasteiger partial charge is 0.0589 e. The van der Waals surface area contributed by atoms with Gasteiger partial charge in [-0.2, -0.15) is 0 Å². The summed E-state index contributed by atoms with van der Waals surface area (Å²) in [6.45, 7) is 6.73. The van der Waals surface area contributed by atoms with Gasteiger partial charge in [0.2, 0.25) is 0 Å². The fourth-order valence-electron chi connectivity index (χ4n) is 1.93. The van der Waals surface area contributed by atoms with Crippen molar-refractivity contribution in [3.05, 3.63) is 34.9 Å². The molecule has 96 valence electrons. The number of methoxy groups -OCH3 is 1. The zero-order valence-electron chi connectivity index (χ0n) is 11.4. The summed E-state index contributed by atoms with van der Waals surface area (Å²) in [5, 5.41) is 0. The number of benzene rings is 1. The van der Waals surface area contributed by atoms with E-state index < -0.39 is 0 Å². The lowest BCUT2D eigenvalue weighted by atomic mass is 9.99. The average Bonchev–Trinajstić information content (AvgIpc) is 2.29. The third-order valence-electron chi connectivity index (χ3n) is 3.02. The van der Waals surface area contributed by atoms with Gasteiger partial charge in [-0.15, -0.1) is 0 Å². The fourth-order valence-corrected chi connectivity index (χ4v) is 1.93. The monoisotopic (exact) mass is 236 g/mol. The summed E-state index contributed by atoms with van der Waals surface area (Å²) < 4.78 is 5.06. The van der Waals surface area contributed by atoms with Crippen LogP contribution in [0, 0.1) is 13.8 Å². The molecule has 3 heteroatoms. The van der Waals surface area contributed by atoms with Crippen molar-refractivity contribution in [1.82, 2.24) is 4.90 Å². The zero-order valence-corrected chi connectivity index (χ0v) is 11.4. The van der Waals surface area contributed by atoms with Crippen LogP contribution >= 0.6 is 0 Å². The van der Waals surface area contributed by atoms with Crippen LogP contribution in [0.3, 0.4) is 0 Å². The van der Waals surface area contributed by atoms with E-state index in [2.05, 4.69) is 44.0 Å². The first-order chi connectivity index (χ1) is 8.04. The number of ether oxygens (including phenoxy) is 1. The van der Waals surface area contributed by atoms with Crippen LogP contribution in [0.25, 0.3) is 0 Å². The van der Waals surface area contributed by atoms with Gasteiger partial charge in [0.1, 0.15) is 0 Å². The van der Waals surface area contributed by atoms with E-state index in [1.165, 1.54) is 16.7 Å².